The summed E-state index contributed by atoms with van der Waals surface area (Å²) >= 11 is 1.55. The molecule has 0 fully saturated rings. The molecule has 0 aliphatic rings. The number of thiazole rings is 1. The SMILES string of the molecule is [C-]#[N+]Cc1scnc1C. The van der Waals surface area contributed by atoms with Crippen LogP contribution < -0.4 is 0 Å². The molecule has 1 heterocycles. The summed E-state index contributed by atoms with van der Waals surface area (Å²) in [6, 6.07) is 0. The van der Waals surface area contributed by atoms with Crippen molar-refractivity contribution in [2.45, 2.75) is 13.5 Å². The second-order valence-electron chi connectivity index (χ2n) is 1.68. The lowest BCUT2D eigenvalue weighted by Gasteiger charge is -1.81. The number of rotatable bonds is 1. The Bertz CT molecular complexity index is 233. The van der Waals surface area contributed by atoms with Gasteiger partial charge >= 0.3 is 0 Å². The molecule has 0 saturated heterocycles. The highest BCUT2D eigenvalue weighted by atomic mass is 32.1. The van der Waals surface area contributed by atoms with E-state index < -0.39 is 0 Å². The molecule has 0 amide bonds. The minimum atomic E-state index is 0.483. The Kier molecular flexibility index (Phi) is 1.81. The fourth-order valence-corrected chi connectivity index (χ4v) is 1.25. The smallest absolute Gasteiger partial charge is 0.250 e. The average molecular weight is 138 g/mol. The van der Waals surface area contributed by atoms with Gasteiger partial charge in [-0.1, -0.05) is 0 Å². The first-order chi connectivity index (χ1) is 4.34. The van der Waals surface area contributed by atoms with Gasteiger partial charge in [-0.15, -0.1) is 11.3 Å². The number of aromatic nitrogens is 1. The Labute approximate surface area is 58.0 Å². The Morgan fingerprint density at radius 2 is 2.67 bits per heavy atom. The van der Waals surface area contributed by atoms with E-state index in [1.807, 2.05) is 6.92 Å². The molecule has 1 aromatic heterocycles. The molecule has 0 atom stereocenters. The molecule has 0 unspecified atom stereocenters. The molecule has 0 spiro atoms. The fourth-order valence-electron chi connectivity index (χ4n) is 0.550. The standard InChI is InChI=1S/C6H6N2S/c1-5-6(3-7-2)9-4-8-5/h4H,3H2,1H3. The van der Waals surface area contributed by atoms with Crippen LogP contribution in [0.25, 0.3) is 4.85 Å². The van der Waals surface area contributed by atoms with Gasteiger partial charge in [0.25, 0.3) is 6.54 Å². The Balaban J connectivity index is 2.84. The second-order valence-corrected chi connectivity index (χ2v) is 2.62. The molecule has 0 aliphatic heterocycles. The van der Waals surface area contributed by atoms with Gasteiger partial charge in [0, 0.05) is 0 Å². The Morgan fingerprint density at radius 1 is 1.89 bits per heavy atom. The third-order valence-electron chi connectivity index (χ3n) is 1.07. The van der Waals surface area contributed by atoms with Crippen molar-refractivity contribution in [3.63, 3.8) is 0 Å². The van der Waals surface area contributed by atoms with Gasteiger partial charge in [-0.05, 0) is 6.92 Å². The topological polar surface area (TPSA) is 17.2 Å². The van der Waals surface area contributed by atoms with Crippen LogP contribution in [0.15, 0.2) is 5.51 Å². The van der Waals surface area contributed by atoms with E-state index in [9.17, 15) is 0 Å². The van der Waals surface area contributed by atoms with Crippen molar-refractivity contribution in [2.75, 3.05) is 0 Å². The molecule has 0 aromatic carbocycles. The van der Waals surface area contributed by atoms with Gasteiger partial charge in [0.05, 0.1) is 11.2 Å². The highest BCUT2D eigenvalue weighted by molar-refractivity contribution is 7.09. The molecule has 46 valence electrons. The van der Waals surface area contributed by atoms with E-state index in [-0.39, 0.29) is 0 Å². The number of hydrogen-bond acceptors (Lipinski definition) is 2. The molecule has 2 nitrogen and oxygen atoms in total. The van der Waals surface area contributed by atoms with Crippen LogP contribution in [-0.2, 0) is 6.54 Å². The van der Waals surface area contributed by atoms with Crippen molar-refractivity contribution in [1.82, 2.24) is 4.98 Å². The van der Waals surface area contributed by atoms with E-state index in [0.717, 1.165) is 10.6 Å². The third-order valence-corrected chi connectivity index (χ3v) is 1.99. The summed E-state index contributed by atoms with van der Waals surface area (Å²) in [6.45, 7) is 8.99. The third kappa shape index (κ3) is 1.27. The van der Waals surface area contributed by atoms with E-state index in [4.69, 9.17) is 6.57 Å². The molecule has 1 aromatic rings. The van der Waals surface area contributed by atoms with Crippen LogP contribution in [0.4, 0.5) is 0 Å². The lowest BCUT2D eigenvalue weighted by Crippen LogP contribution is -1.76. The van der Waals surface area contributed by atoms with Crippen molar-refractivity contribution in [2.24, 2.45) is 0 Å². The van der Waals surface area contributed by atoms with Gasteiger partial charge in [-0.2, -0.15) is 0 Å². The van der Waals surface area contributed by atoms with Crippen molar-refractivity contribution < 1.29 is 0 Å². The van der Waals surface area contributed by atoms with Crippen LogP contribution in [-0.4, -0.2) is 4.98 Å². The van der Waals surface area contributed by atoms with E-state index in [0.29, 0.717) is 6.54 Å². The van der Waals surface area contributed by atoms with E-state index in [2.05, 4.69) is 9.83 Å². The predicted octanol–water partition coefficient (Wildman–Crippen LogP) is 1.87. The molecular formula is C6H6N2S. The van der Waals surface area contributed by atoms with Crippen molar-refractivity contribution in [3.05, 3.63) is 27.5 Å². The van der Waals surface area contributed by atoms with Crippen molar-refractivity contribution in [1.29, 1.82) is 0 Å². The summed E-state index contributed by atoms with van der Waals surface area (Å²) in [6.07, 6.45) is 0. The summed E-state index contributed by atoms with van der Waals surface area (Å²) in [5.41, 5.74) is 2.77. The maximum absolute atomic E-state index is 6.58. The molecule has 3 heteroatoms. The van der Waals surface area contributed by atoms with Gasteiger partial charge in [0.1, 0.15) is 4.88 Å². The zero-order valence-corrected chi connectivity index (χ0v) is 5.90. The van der Waals surface area contributed by atoms with Crippen molar-refractivity contribution in [3.8, 4) is 0 Å². The van der Waals surface area contributed by atoms with Crippen molar-refractivity contribution >= 4 is 11.3 Å². The van der Waals surface area contributed by atoms with Crippen LogP contribution in [0.1, 0.15) is 10.6 Å². The zero-order chi connectivity index (χ0) is 6.69. The molecule has 0 aliphatic carbocycles. The van der Waals surface area contributed by atoms with Crippen LogP contribution in [0.3, 0.4) is 0 Å². The first-order valence-corrected chi connectivity index (χ1v) is 3.44. The first kappa shape index (κ1) is 6.24. The van der Waals surface area contributed by atoms with Gasteiger partial charge < -0.3 is 4.85 Å². The summed E-state index contributed by atoms with van der Waals surface area (Å²) < 4.78 is 0. The van der Waals surface area contributed by atoms with E-state index in [1.165, 1.54) is 0 Å². The molecule has 0 bridgehead atoms. The maximum atomic E-state index is 6.58. The van der Waals surface area contributed by atoms with Crippen LogP contribution in [0.2, 0.25) is 0 Å². The highest BCUT2D eigenvalue weighted by Gasteiger charge is 2.00. The normalized spacial score (nSPS) is 8.89. The summed E-state index contributed by atoms with van der Waals surface area (Å²) in [5.74, 6) is 0. The number of hydrogen-bond donors (Lipinski definition) is 0. The fraction of sp³-hybridized carbons (Fsp3) is 0.333. The first-order valence-electron chi connectivity index (χ1n) is 2.57. The van der Waals surface area contributed by atoms with Crippen LogP contribution >= 0.6 is 11.3 Å². The minimum absolute atomic E-state index is 0.483. The Hall–Kier alpha value is -0.880. The molecular weight excluding hydrogens is 132 g/mol. The summed E-state index contributed by atoms with van der Waals surface area (Å²) in [4.78, 5) is 8.36. The average Bonchev–Trinajstić information content (AvgIpc) is 2.18. The summed E-state index contributed by atoms with van der Waals surface area (Å²) in [5, 5.41) is 0. The number of aryl methyl sites for hydroxylation is 1. The summed E-state index contributed by atoms with van der Waals surface area (Å²) in [7, 11) is 0. The van der Waals surface area contributed by atoms with Gasteiger partial charge in [0.15, 0.2) is 0 Å². The maximum Gasteiger partial charge on any atom is 0.250 e. The lowest BCUT2D eigenvalue weighted by atomic mass is 10.4. The highest BCUT2D eigenvalue weighted by Crippen LogP contribution is 2.12. The van der Waals surface area contributed by atoms with Gasteiger partial charge in [-0.25, -0.2) is 11.6 Å². The van der Waals surface area contributed by atoms with Crippen LogP contribution in [0.5, 0.6) is 0 Å². The largest absolute Gasteiger partial charge is 0.311 e. The quantitative estimate of drug-likeness (QED) is 0.541. The van der Waals surface area contributed by atoms with E-state index in [1.54, 1.807) is 16.8 Å². The predicted molar refractivity (Wildman–Crippen MR) is 37.2 cm³/mol. The second kappa shape index (κ2) is 2.60. The van der Waals surface area contributed by atoms with Crippen LogP contribution in [0, 0.1) is 13.5 Å². The van der Waals surface area contributed by atoms with E-state index >= 15 is 0 Å². The molecule has 0 radical (unpaired) electrons. The lowest BCUT2D eigenvalue weighted by molar-refractivity contribution is 1.18. The minimum Gasteiger partial charge on any atom is -0.311 e. The Morgan fingerprint density at radius 3 is 3.11 bits per heavy atom. The van der Waals surface area contributed by atoms with Gasteiger partial charge in [0.2, 0.25) is 0 Å². The molecule has 0 N–H and O–H groups in total. The number of nitrogens with zero attached hydrogens (tertiary/aromatic N) is 2. The zero-order valence-electron chi connectivity index (χ0n) is 5.09. The molecule has 0 saturated carbocycles. The van der Waals surface area contributed by atoms with Gasteiger partial charge in [-0.3, -0.25) is 0 Å². The molecule has 9 heavy (non-hydrogen) atoms. The monoisotopic (exact) mass is 138 g/mol. The molecule has 1 rings (SSSR count).